The van der Waals surface area contributed by atoms with E-state index in [9.17, 15) is 13.6 Å². The Morgan fingerprint density at radius 3 is 2.58 bits per heavy atom. The average molecular weight is 262 g/mol. The van der Waals surface area contributed by atoms with Crippen molar-refractivity contribution in [2.24, 2.45) is 5.73 Å². The van der Waals surface area contributed by atoms with E-state index in [1.807, 2.05) is 0 Å². The van der Waals surface area contributed by atoms with Crippen LogP contribution in [0.4, 0.5) is 14.5 Å². The fourth-order valence-corrected chi connectivity index (χ4v) is 1.69. The topological polar surface area (TPSA) is 55.1 Å². The van der Waals surface area contributed by atoms with Gasteiger partial charge in [-0.15, -0.1) is 0 Å². The van der Waals surface area contributed by atoms with Gasteiger partial charge in [-0.3, -0.25) is 4.79 Å². The Labute approximate surface area is 109 Å². The van der Waals surface area contributed by atoms with Crippen LogP contribution in [0.15, 0.2) is 42.5 Å². The van der Waals surface area contributed by atoms with Gasteiger partial charge >= 0.3 is 0 Å². The van der Waals surface area contributed by atoms with Crippen molar-refractivity contribution >= 4 is 11.6 Å². The summed E-state index contributed by atoms with van der Waals surface area (Å²) in [6, 6.07) is 10.4. The minimum absolute atomic E-state index is 0.238. The van der Waals surface area contributed by atoms with Gasteiger partial charge in [-0.2, -0.15) is 0 Å². The molecule has 0 spiro atoms. The third kappa shape index (κ3) is 2.77. The molecule has 19 heavy (non-hydrogen) atoms. The van der Waals surface area contributed by atoms with Crippen molar-refractivity contribution in [3.63, 3.8) is 0 Å². The molecule has 2 rings (SSSR count). The Morgan fingerprint density at radius 2 is 1.84 bits per heavy atom. The van der Waals surface area contributed by atoms with Crippen LogP contribution in [0.5, 0.6) is 0 Å². The van der Waals surface area contributed by atoms with Gasteiger partial charge in [-0.1, -0.05) is 24.3 Å². The molecule has 1 amide bonds. The molecule has 2 aromatic carbocycles. The highest BCUT2D eigenvalue weighted by molar-refractivity contribution is 6.04. The van der Waals surface area contributed by atoms with Crippen LogP contribution in [0.3, 0.4) is 0 Å². The van der Waals surface area contributed by atoms with Gasteiger partial charge in [-0.05, 0) is 23.8 Å². The molecule has 0 heterocycles. The molecule has 98 valence electrons. The molecule has 3 N–H and O–H groups in total. The van der Waals surface area contributed by atoms with Crippen LogP contribution in [0, 0.1) is 11.6 Å². The molecule has 0 radical (unpaired) electrons. The van der Waals surface area contributed by atoms with Crippen molar-refractivity contribution in [2.75, 3.05) is 5.32 Å². The summed E-state index contributed by atoms with van der Waals surface area (Å²) in [5.41, 5.74) is 6.39. The molecule has 5 heteroatoms. The van der Waals surface area contributed by atoms with E-state index in [0.717, 1.165) is 6.07 Å². The summed E-state index contributed by atoms with van der Waals surface area (Å²) in [7, 11) is 0. The molecular formula is C14H12F2N2O. The Kier molecular flexibility index (Phi) is 3.87. The second-order valence-electron chi connectivity index (χ2n) is 3.92. The molecule has 0 unspecified atom stereocenters. The van der Waals surface area contributed by atoms with Crippen LogP contribution < -0.4 is 11.1 Å². The summed E-state index contributed by atoms with van der Waals surface area (Å²) in [4.78, 5) is 11.9. The summed E-state index contributed by atoms with van der Waals surface area (Å²) in [6.07, 6.45) is 0. The van der Waals surface area contributed by atoms with Crippen LogP contribution in [0.1, 0.15) is 15.9 Å². The van der Waals surface area contributed by atoms with Crippen LogP contribution in [-0.4, -0.2) is 5.91 Å². The maximum Gasteiger partial charge on any atom is 0.258 e. The lowest BCUT2D eigenvalue weighted by Gasteiger charge is -2.10. The lowest BCUT2D eigenvalue weighted by Crippen LogP contribution is -2.16. The van der Waals surface area contributed by atoms with Crippen LogP contribution in [0.2, 0.25) is 0 Å². The molecule has 0 aliphatic carbocycles. The lowest BCUT2D eigenvalue weighted by molar-refractivity contribution is 0.102. The van der Waals surface area contributed by atoms with Crippen molar-refractivity contribution in [3.05, 3.63) is 65.2 Å². The fraction of sp³-hybridized carbons (Fsp3) is 0.0714. The minimum atomic E-state index is -1.16. The third-order valence-electron chi connectivity index (χ3n) is 2.68. The molecule has 3 nitrogen and oxygen atoms in total. The highest BCUT2D eigenvalue weighted by atomic mass is 19.2. The van der Waals surface area contributed by atoms with Crippen molar-refractivity contribution < 1.29 is 13.6 Å². The summed E-state index contributed by atoms with van der Waals surface area (Å²) < 4.78 is 26.5. The lowest BCUT2D eigenvalue weighted by atomic mass is 10.1. The summed E-state index contributed by atoms with van der Waals surface area (Å²) in [5, 5.41) is 2.52. The molecule has 0 saturated heterocycles. The SMILES string of the molecule is NCc1ccccc1NC(=O)c1cccc(F)c1F. The summed E-state index contributed by atoms with van der Waals surface area (Å²) in [6.45, 7) is 0.238. The van der Waals surface area contributed by atoms with E-state index in [2.05, 4.69) is 5.32 Å². The Balaban J connectivity index is 2.28. The van der Waals surface area contributed by atoms with E-state index in [-0.39, 0.29) is 12.1 Å². The first-order valence-corrected chi connectivity index (χ1v) is 5.67. The predicted octanol–water partition coefficient (Wildman–Crippen LogP) is 2.68. The smallest absolute Gasteiger partial charge is 0.258 e. The van der Waals surface area contributed by atoms with Gasteiger partial charge in [0.1, 0.15) is 0 Å². The average Bonchev–Trinajstić information content (AvgIpc) is 2.42. The number of nitrogens with two attached hydrogens (primary N) is 1. The molecule has 0 aliphatic rings. The quantitative estimate of drug-likeness (QED) is 0.893. The van der Waals surface area contributed by atoms with E-state index in [1.165, 1.54) is 12.1 Å². The van der Waals surface area contributed by atoms with E-state index in [0.29, 0.717) is 11.3 Å². The number of hydrogen-bond acceptors (Lipinski definition) is 2. The third-order valence-corrected chi connectivity index (χ3v) is 2.68. The highest BCUT2D eigenvalue weighted by Crippen LogP contribution is 2.17. The Hall–Kier alpha value is -2.27. The number of nitrogens with one attached hydrogen (secondary N) is 1. The second-order valence-corrected chi connectivity index (χ2v) is 3.92. The monoisotopic (exact) mass is 262 g/mol. The first kappa shape index (κ1) is 13.2. The van der Waals surface area contributed by atoms with Gasteiger partial charge in [0.15, 0.2) is 11.6 Å². The maximum atomic E-state index is 13.5. The Bertz CT molecular complexity index is 614. The zero-order chi connectivity index (χ0) is 13.8. The van der Waals surface area contributed by atoms with Crippen LogP contribution in [-0.2, 0) is 6.54 Å². The van der Waals surface area contributed by atoms with Crippen LogP contribution in [0.25, 0.3) is 0 Å². The predicted molar refractivity (Wildman–Crippen MR) is 68.6 cm³/mol. The molecule has 0 aliphatic heterocycles. The molecule has 0 fully saturated rings. The Morgan fingerprint density at radius 1 is 1.11 bits per heavy atom. The molecule has 0 bridgehead atoms. The molecule has 2 aromatic rings. The number of carbonyl (C=O) groups excluding carboxylic acids is 1. The summed E-state index contributed by atoms with van der Waals surface area (Å²) in [5.74, 6) is -2.93. The van der Waals surface area contributed by atoms with Gasteiger partial charge in [-0.25, -0.2) is 8.78 Å². The van der Waals surface area contributed by atoms with Crippen molar-refractivity contribution in [2.45, 2.75) is 6.54 Å². The van der Waals surface area contributed by atoms with Gasteiger partial charge in [0.05, 0.1) is 5.56 Å². The first-order valence-electron chi connectivity index (χ1n) is 5.67. The number of rotatable bonds is 3. The number of para-hydroxylation sites is 1. The zero-order valence-corrected chi connectivity index (χ0v) is 9.99. The molecular weight excluding hydrogens is 250 g/mol. The first-order chi connectivity index (χ1) is 9.13. The van der Waals surface area contributed by atoms with Crippen molar-refractivity contribution in [1.82, 2.24) is 0 Å². The van der Waals surface area contributed by atoms with E-state index < -0.39 is 17.5 Å². The molecule has 0 saturated carbocycles. The van der Waals surface area contributed by atoms with E-state index in [4.69, 9.17) is 5.73 Å². The van der Waals surface area contributed by atoms with Crippen molar-refractivity contribution in [3.8, 4) is 0 Å². The molecule has 0 atom stereocenters. The normalized spacial score (nSPS) is 10.3. The number of halogens is 2. The zero-order valence-electron chi connectivity index (χ0n) is 9.99. The summed E-state index contributed by atoms with van der Waals surface area (Å²) >= 11 is 0. The minimum Gasteiger partial charge on any atom is -0.326 e. The number of carbonyl (C=O) groups is 1. The standard InChI is InChI=1S/C14H12F2N2O/c15-11-6-3-5-10(13(11)16)14(19)18-12-7-2-1-4-9(12)8-17/h1-7H,8,17H2,(H,18,19). The second kappa shape index (κ2) is 5.58. The number of amides is 1. The number of benzene rings is 2. The van der Waals surface area contributed by atoms with Gasteiger partial charge in [0, 0.05) is 12.2 Å². The van der Waals surface area contributed by atoms with Gasteiger partial charge in [0.25, 0.3) is 5.91 Å². The highest BCUT2D eigenvalue weighted by Gasteiger charge is 2.15. The largest absolute Gasteiger partial charge is 0.326 e. The fourth-order valence-electron chi connectivity index (χ4n) is 1.69. The maximum absolute atomic E-state index is 13.5. The van der Waals surface area contributed by atoms with Crippen molar-refractivity contribution in [1.29, 1.82) is 0 Å². The van der Waals surface area contributed by atoms with E-state index in [1.54, 1.807) is 24.3 Å². The van der Waals surface area contributed by atoms with Gasteiger partial charge in [0.2, 0.25) is 0 Å². The van der Waals surface area contributed by atoms with Gasteiger partial charge < -0.3 is 11.1 Å². The number of hydrogen-bond donors (Lipinski definition) is 2. The molecule has 0 aromatic heterocycles. The van der Waals surface area contributed by atoms with Crippen LogP contribution >= 0.6 is 0 Å². The van der Waals surface area contributed by atoms with E-state index >= 15 is 0 Å². The number of anilines is 1.